The number of aliphatic hydroxyl groups is 1. The number of carbonyl (C=O) groups excluding carboxylic acids is 2. The normalized spacial score (nSPS) is 17.0. The average molecular weight is 678 g/mol. The van der Waals surface area contributed by atoms with Crippen molar-refractivity contribution in [2.24, 2.45) is 5.92 Å². The number of amides is 1. The molecule has 1 atom stereocenters. The Balaban J connectivity index is 1.39. The van der Waals surface area contributed by atoms with Crippen molar-refractivity contribution in [3.05, 3.63) is 88.7 Å². The number of ether oxygens (including phenoxy) is 4. The second kappa shape index (κ2) is 14.0. The smallest absolute Gasteiger partial charge is 0.301 e. The number of rotatable bonds is 11. The van der Waals surface area contributed by atoms with Crippen LogP contribution in [0.2, 0.25) is 0 Å². The van der Waals surface area contributed by atoms with Gasteiger partial charge in [-0.15, -0.1) is 10.2 Å². The van der Waals surface area contributed by atoms with E-state index < -0.39 is 17.7 Å². The first-order valence-electron chi connectivity index (χ1n) is 15.0. The molecule has 0 radical (unpaired) electrons. The first kappa shape index (κ1) is 32.3. The first-order chi connectivity index (χ1) is 22.7. The Labute approximate surface area is 279 Å². The summed E-state index contributed by atoms with van der Waals surface area (Å²) in [5.41, 5.74) is 1.53. The predicted molar refractivity (Wildman–Crippen MR) is 176 cm³/mol. The zero-order valence-electron chi connectivity index (χ0n) is 25.9. The van der Waals surface area contributed by atoms with Crippen LogP contribution >= 0.6 is 23.1 Å². The van der Waals surface area contributed by atoms with E-state index in [1.807, 2.05) is 0 Å². The van der Waals surface area contributed by atoms with Gasteiger partial charge in [0.1, 0.15) is 24.8 Å². The fourth-order valence-electron chi connectivity index (χ4n) is 5.15. The maximum absolute atomic E-state index is 13.7. The molecule has 1 fully saturated rings. The van der Waals surface area contributed by atoms with Crippen molar-refractivity contribution in [2.45, 2.75) is 36.4 Å². The number of aliphatic hydroxyl groups excluding tert-OH is 1. The van der Waals surface area contributed by atoms with E-state index in [1.54, 1.807) is 48.5 Å². The van der Waals surface area contributed by atoms with Gasteiger partial charge in [-0.05, 0) is 65.9 Å². The third kappa shape index (κ3) is 6.91. The van der Waals surface area contributed by atoms with E-state index in [1.165, 1.54) is 35.9 Å². The van der Waals surface area contributed by atoms with Crippen LogP contribution < -0.4 is 23.8 Å². The van der Waals surface area contributed by atoms with Gasteiger partial charge in [0.05, 0.1) is 25.3 Å². The van der Waals surface area contributed by atoms with Gasteiger partial charge in [-0.1, -0.05) is 55.1 Å². The van der Waals surface area contributed by atoms with E-state index in [4.69, 9.17) is 18.9 Å². The molecule has 1 aromatic heterocycles. The van der Waals surface area contributed by atoms with Gasteiger partial charge in [0.25, 0.3) is 5.78 Å². The molecule has 1 unspecified atom stereocenters. The number of carbonyl (C=O) groups is 2. The van der Waals surface area contributed by atoms with E-state index in [9.17, 15) is 19.1 Å². The predicted octanol–water partition coefficient (Wildman–Crippen LogP) is 6.80. The van der Waals surface area contributed by atoms with Crippen molar-refractivity contribution < 1.29 is 38.0 Å². The van der Waals surface area contributed by atoms with Gasteiger partial charge in [-0.2, -0.15) is 0 Å². The zero-order chi connectivity index (χ0) is 33.1. The van der Waals surface area contributed by atoms with Crippen molar-refractivity contribution in [1.82, 2.24) is 10.2 Å². The molecule has 2 aliphatic heterocycles. The molecule has 2 aliphatic rings. The maximum Gasteiger partial charge on any atom is 0.301 e. The third-order valence-corrected chi connectivity index (χ3v) is 9.72. The minimum Gasteiger partial charge on any atom is -0.507 e. The lowest BCUT2D eigenvalue weighted by molar-refractivity contribution is -0.132. The van der Waals surface area contributed by atoms with Crippen LogP contribution in [0.1, 0.15) is 43.0 Å². The van der Waals surface area contributed by atoms with Crippen molar-refractivity contribution in [3.8, 4) is 23.0 Å². The number of halogens is 1. The second-order valence-electron chi connectivity index (χ2n) is 11.2. The van der Waals surface area contributed by atoms with Gasteiger partial charge in [0, 0.05) is 11.3 Å². The molecule has 47 heavy (non-hydrogen) atoms. The third-order valence-electron chi connectivity index (χ3n) is 7.59. The molecular formula is C34H32FN3O7S2. The Hall–Kier alpha value is -4.62. The first-order valence-corrected chi connectivity index (χ1v) is 16.8. The minimum atomic E-state index is -1.07. The average Bonchev–Trinajstić information content (AvgIpc) is 3.65. The second-order valence-corrected chi connectivity index (χ2v) is 13.4. The largest absolute Gasteiger partial charge is 0.507 e. The van der Waals surface area contributed by atoms with Crippen LogP contribution in [0.25, 0.3) is 5.76 Å². The number of thioether (sulfide) groups is 1. The number of nitrogens with zero attached hydrogens (tertiary/aromatic N) is 3. The number of hydrogen-bond acceptors (Lipinski definition) is 11. The number of Topliss-reactive ketones (excluding diaryl/α,β-unsaturated/α-hetero) is 1. The van der Waals surface area contributed by atoms with E-state index >= 15 is 0 Å². The van der Waals surface area contributed by atoms with E-state index in [0.717, 1.165) is 23.3 Å². The van der Waals surface area contributed by atoms with Crippen molar-refractivity contribution in [1.29, 1.82) is 0 Å². The van der Waals surface area contributed by atoms with Crippen LogP contribution in [0.3, 0.4) is 0 Å². The summed E-state index contributed by atoms with van der Waals surface area (Å²) in [5.74, 6) is 0.355. The van der Waals surface area contributed by atoms with Crippen molar-refractivity contribution >= 4 is 45.7 Å². The number of fused-ring (bicyclic) bond motifs is 1. The van der Waals surface area contributed by atoms with Crippen molar-refractivity contribution in [2.75, 3.05) is 31.8 Å². The minimum absolute atomic E-state index is 0.127. The Bertz CT molecular complexity index is 1830. The van der Waals surface area contributed by atoms with Crippen LogP contribution in [0.5, 0.6) is 23.0 Å². The summed E-state index contributed by atoms with van der Waals surface area (Å²) in [4.78, 5) is 28.7. The summed E-state index contributed by atoms with van der Waals surface area (Å²) < 4.78 is 36.8. The number of anilines is 1. The van der Waals surface area contributed by atoms with Gasteiger partial charge < -0.3 is 24.1 Å². The highest BCUT2D eigenvalue weighted by Crippen LogP contribution is 2.46. The standard InChI is InChI=1S/C34H32FN3O7S2/c1-19(2)12-13-43-24-10-6-21(16-26(24)42-3)29-28(30(39)22-7-11-25-27(17-22)45-15-14-44-25)31(40)32(41)38(29)33-36-37-34(47-33)46-18-20-4-8-23(35)9-5-20/h4-11,16-17,19,29,39H,12-15,18H2,1-3H3/b30-28+. The van der Waals surface area contributed by atoms with Gasteiger partial charge in [0.15, 0.2) is 27.3 Å². The van der Waals surface area contributed by atoms with Gasteiger partial charge in [-0.3, -0.25) is 14.5 Å². The molecule has 10 nitrogen and oxygen atoms in total. The number of aromatic nitrogens is 2. The topological polar surface area (TPSA) is 120 Å². The molecule has 0 aliphatic carbocycles. The Kier molecular flexibility index (Phi) is 9.64. The number of hydrogen-bond donors (Lipinski definition) is 1. The van der Waals surface area contributed by atoms with E-state index in [-0.39, 0.29) is 27.8 Å². The lowest BCUT2D eigenvalue weighted by Crippen LogP contribution is -2.29. The maximum atomic E-state index is 13.7. The molecule has 13 heteroatoms. The molecule has 3 heterocycles. The van der Waals surface area contributed by atoms with E-state index in [0.29, 0.717) is 64.4 Å². The lowest BCUT2D eigenvalue weighted by Gasteiger charge is -2.24. The summed E-state index contributed by atoms with van der Waals surface area (Å²) in [6.07, 6.45) is 0.846. The number of methoxy groups -OCH3 is 1. The van der Waals surface area contributed by atoms with Crippen LogP contribution in [0, 0.1) is 11.7 Å². The summed E-state index contributed by atoms with van der Waals surface area (Å²) >= 11 is 2.50. The summed E-state index contributed by atoms with van der Waals surface area (Å²) in [6, 6.07) is 15.1. The van der Waals surface area contributed by atoms with Gasteiger partial charge in [-0.25, -0.2) is 4.39 Å². The van der Waals surface area contributed by atoms with E-state index in [2.05, 4.69) is 24.0 Å². The highest BCUT2D eigenvalue weighted by molar-refractivity contribution is 8.00. The monoisotopic (exact) mass is 677 g/mol. The Morgan fingerprint density at radius 2 is 1.81 bits per heavy atom. The molecule has 244 valence electrons. The quantitative estimate of drug-likeness (QED) is 0.0597. The molecule has 6 rings (SSSR count). The molecule has 1 amide bonds. The summed E-state index contributed by atoms with van der Waals surface area (Å²) in [6.45, 7) is 5.43. The SMILES string of the molecule is COc1cc(C2/C(=C(\O)c3ccc4c(c3)OCCO4)C(=O)C(=O)N2c2nnc(SCc3ccc(F)cc3)s2)ccc1OCCC(C)C. The van der Waals surface area contributed by atoms with Crippen LogP contribution in [0.4, 0.5) is 9.52 Å². The fraction of sp³-hybridized carbons (Fsp3) is 0.294. The molecule has 0 spiro atoms. The molecule has 1 N–H and O–H groups in total. The van der Waals surface area contributed by atoms with Crippen molar-refractivity contribution in [3.63, 3.8) is 0 Å². The van der Waals surface area contributed by atoms with Crippen LogP contribution in [0.15, 0.2) is 70.6 Å². The Morgan fingerprint density at radius 1 is 1.04 bits per heavy atom. The molecule has 1 saturated heterocycles. The van der Waals surface area contributed by atoms with Crippen LogP contribution in [-0.4, -0.2) is 53.9 Å². The highest BCUT2D eigenvalue weighted by Gasteiger charge is 2.48. The molecule has 3 aromatic carbocycles. The van der Waals surface area contributed by atoms with Gasteiger partial charge >= 0.3 is 5.91 Å². The number of benzene rings is 3. The zero-order valence-corrected chi connectivity index (χ0v) is 27.5. The molecule has 4 aromatic rings. The number of ketones is 1. The summed E-state index contributed by atoms with van der Waals surface area (Å²) in [7, 11) is 1.51. The fourth-order valence-corrected chi connectivity index (χ4v) is 6.98. The lowest BCUT2D eigenvalue weighted by atomic mass is 9.95. The molecule has 0 bridgehead atoms. The Morgan fingerprint density at radius 3 is 2.55 bits per heavy atom. The molecular weight excluding hydrogens is 646 g/mol. The summed E-state index contributed by atoms with van der Waals surface area (Å²) in [5, 5.41) is 20.4. The van der Waals surface area contributed by atoms with Crippen LogP contribution in [-0.2, 0) is 15.3 Å². The highest BCUT2D eigenvalue weighted by atomic mass is 32.2. The van der Waals surface area contributed by atoms with Gasteiger partial charge in [0.2, 0.25) is 5.13 Å². The molecule has 0 saturated carbocycles.